The van der Waals surface area contributed by atoms with Gasteiger partial charge in [-0.25, -0.2) is 4.98 Å². The van der Waals surface area contributed by atoms with Crippen LogP contribution in [0, 0.1) is 6.92 Å². The highest BCUT2D eigenvalue weighted by Crippen LogP contribution is 2.24. The molecule has 0 spiro atoms. The second kappa shape index (κ2) is 6.12. The highest BCUT2D eigenvalue weighted by Gasteiger charge is 2.15. The number of rotatable bonds is 3. The number of nitrogens with zero attached hydrogens (tertiary/aromatic N) is 4. The molecule has 1 aromatic carbocycles. The fourth-order valence-electron chi connectivity index (χ4n) is 2.74. The lowest BCUT2D eigenvalue weighted by Gasteiger charge is -2.29. The van der Waals surface area contributed by atoms with Crippen LogP contribution in [-0.2, 0) is 0 Å². The lowest BCUT2D eigenvalue weighted by molar-refractivity contribution is 0.573. The van der Waals surface area contributed by atoms with E-state index >= 15 is 0 Å². The highest BCUT2D eigenvalue weighted by molar-refractivity contribution is 5.58. The first-order valence-corrected chi connectivity index (χ1v) is 7.63. The SMILES string of the molecule is Cc1cc(N2CCCCC2)nc(N(C)c2ccccc2)n1. The number of aromatic nitrogens is 2. The van der Waals surface area contributed by atoms with E-state index in [1.807, 2.05) is 37.1 Å². The fraction of sp³-hybridized carbons (Fsp3) is 0.412. The number of hydrogen-bond acceptors (Lipinski definition) is 4. The molecule has 1 fully saturated rings. The van der Waals surface area contributed by atoms with Gasteiger partial charge in [0.2, 0.25) is 5.95 Å². The number of aryl methyl sites for hydroxylation is 1. The molecule has 0 N–H and O–H groups in total. The number of benzene rings is 1. The van der Waals surface area contributed by atoms with Gasteiger partial charge in [-0.1, -0.05) is 18.2 Å². The molecule has 21 heavy (non-hydrogen) atoms. The zero-order valence-corrected chi connectivity index (χ0v) is 12.8. The van der Waals surface area contributed by atoms with E-state index in [9.17, 15) is 0 Å². The van der Waals surface area contributed by atoms with E-state index in [0.29, 0.717) is 0 Å². The molecule has 2 aromatic rings. The normalized spacial score (nSPS) is 15.0. The quantitative estimate of drug-likeness (QED) is 0.862. The third kappa shape index (κ3) is 3.15. The van der Waals surface area contributed by atoms with Crippen LogP contribution in [0.25, 0.3) is 0 Å². The van der Waals surface area contributed by atoms with Crippen molar-refractivity contribution in [2.24, 2.45) is 0 Å². The Bertz CT molecular complexity index is 591. The van der Waals surface area contributed by atoms with E-state index in [2.05, 4.69) is 28.1 Å². The molecule has 2 heterocycles. The van der Waals surface area contributed by atoms with Gasteiger partial charge < -0.3 is 9.80 Å². The predicted octanol–water partition coefficient (Wildman–Crippen LogP) is 3.54. The number of para-hydroxylation sites is 1. The summed E-state index contributed by atoms with van der Waals surface area (Å²) in [4.78, 5) is 13.8. The molecule has 3 rings (SSSR count). The first-order valence-electron chi connectivity index (χ1n) is 7.63. The summed E-state index contributed by atoms with van der Waals surface area (Å²) < 4.78 is 0. The minimum Gasteiger partial charge on any atom is -0.356 e. The van der Waals surface area contributed by atoms with Gasteiger partial charge in [-0.15, -0.1) is 0 Å². The van der Waals surface area contributed by atoms with E-state index in [1.54, 1.807) is 0 Å². The molecule has 0 atom stereocenters. The van der Waals surface area contributed by atoms with Crippen molar-refractivity contribution in [2.75, 3.05) is 29.9 Å². The summed E-state index contributed by atoms with van der Waals surface area (Å²) >= 11 is 0. The molecular weight excluding hydrogens is 260 g/mol. The van der Waals surface area contributed by atoms with Gasteiger partial charge in [-0.3, -0.25) is 0 Å². The summed E-state index contributed by atoms with van der Waals surface area (Å²) in [6.45, 7) is 4.24. The summed E-state index contributed by atoms with van der Waals surface area (Å²) in [6, 6.07) is 12.3. The molecule has 0 saturated carbocycles. The Hall–Kier alpha value is -2.10. The molecule has 0 aliphatic carbocycles. The lowest BCUT2D eigenvalue weighted by atomic mass is 10.1. The highest BCUT2D eigenvalue weighted by atomic mass is 15.3. The topological polar surface area (TPSA) is 32.3 Å². The molecule has 0 amide bonds. The van der Waals surface area contributed by atoms with Gasteiger partial charge in [-0.2, -0.15) is 4.98 Å². The second-order valence-electron chi connectivity index (χ2n) is 5.61. The van der Waals surface area contributed by atoms with E-state index in [0.717, 1.165) is 36.2 Å². The number of hydrogen-bond donors (Lipinski definition) is 0. The summed E-state index contributed by atoms with van der Waals surface area (Å²) in [5.41, 5.74) is 2.12. The molecule has 1 aromatic heterocycles. The maximum absolute atomic E-state index is 4.77. The average Bonchev–Trinajstić information content (AvgIpc) is 2.55. The number of piperidine rings is 1. The largest absolute Gasteiger partial charge is 0.356 e. The smallest absolute Gasteiger partial charge is 0.231 e. The summed E-state index contributed by atoms with van der Waals surface area (Å²) in [6.07, 6.45) is 3.84. The maximum atomic E-state index is 4.77. The third-order valence-electron chi connectivity index (χ3n) is 3.95. The molecule has 0 unspecified atom stereocenters. The van der Waals surface area contributed by atoms with Gasteiger partial charge in [0.05, 0.1) is 0 Å². The lowest BCUT2D eigenvalue weighted by Crippen LogP contribution is -2.30. The zero-order chi connectivity index (χ0) is 14.7. The van der Waals surface area contributed by atoms with Crippen molar-refractivity contribution in [3.63, 3.8) is 0 Å². The second-order valence-corrected chi connectivity index (χ2v) is 5.61. The van der Waals surface area contributed by atoms with Crippen LogP contribution in [0.5, 0.6) is 0 Å². The fourth-order valence-corrected chi connectivity index (χ4v) is 2.74. The van der Waals surface area contributed by atoms with Crippen molar-refractivity contribution in [1.82, 2.24) is 9.97 Å². The first kappa shape index (κ1) is 13.9. The van der Waals surface area contributed by atoms with Gasteiger partial charge in [0, 0.05) is 37.6 Å². The van der Waals surface area contributed by atoms with Crippen molar-refractivity contribution in [3.8, 4) is 0 Å². The van der Waals surface area contributed by atoms with Gasteiger partial charge >= 0.3 is 0 Å². The van der Waals surface area contributed by atoms with E-state index < -0.39 is 0 Å². The summed E-state index contributed by atoms with van der Waals surface area (Å²) in [5.74, 6) is 1.82. The van der Waals surface area contributed by atoms with Gasteiger partial charge in [-0.05, 0) is 38.3 Å². The van der Waals surface area contributed by atoms with Crippen molar-refractivity contribution < 1.29 is 0 Å². The van der Waals surface area contributed by atoms with Gasteiger partial charge in [0.1, 0.15) is 5.82 Å². The van der Waals surface area contributed by atoms with Gasteiger partial charge in [0.25, 0.3) is 0 Å². The minimum atomic E-state index is 0.766. The zero-order valence-electron chi connectivity index (χ0n) is 12.8. The van der Waals surface area contributed by atoms with E-state index in [4.69, 9.17) is 4.98 Å². The van der Waals surface area contributed by atoms with E-state index in [1.165, 1.54) is 19.3 Å². The van der Waals surface area contributed by atoms with Crippen molar-refractivity contribution >= 4 is 17.5 Å². The number of anilines is 3. The maximum Gasteiger partial charge on any atom is 0.231 e. The predicted molar refractivity (Wildman–Crippen MR) is 87.3 cm³/mol. The monoisotopic (exact) mass is 282 g/mol. The van der Waals surface area contributed by atoms with Crippen molar-refractivity contribution in [2.45, 2.75) is 26.2 Å². The van der Waals surface area contributed by atoms with Crippen LogP contribution in [0.15, 0.2) is 36.4 Å². The molecule has 1 aliphatic heterocycles. The molecule has 4 heteroatoms. The molecule has 4 nitrogen and oxygen atoms in total. The van der Waals surface area contributed by atoms with Crippen LogP contribution < -0.4 is 9.80 Å². The standard InChI is InChI=1S/C17H22N4/c1-14-13-16(21-11-7-4-8-12-21)19-17(18-14)20(2)15-9-5-3-6-10-15/h3,5-6,9-10,13H,4,7-8,11-12H2,1-2H3. The Labute approximate surface area is 126 Å². The third-order valence-corrected chi connectivity index (χ3v) is 3.95. The molecule has 110 valence electrons. The van der Waals surface area contributed by atoms with Crippen LogP contribution in [0.3, 0.4) is 0 Å². The Kier molecular flexibility index (Phi) is 4.04. The van der Waals surface area contributed by atoms with Crippen LogP contribution in [0.2, 0.25) is 0 Å². The van der Waals surface area contributed by atoms with Crippen LogP contribution >= 0.6 is 0 Å². The van der Waals surface area contributed by atoms with E-state index in [-0.39, 0.29) is 0 Å². The van der Waals surface area contributed by atoms with Gasteiger partial charge in [0.15, 0.2) is 0 Å². The molecule has 0 bridgehead atoms. The first-order chi connectivity index (χ1) is 10.2. The van der Waals surface area contributed by atoms with Crippen LogP contribution in [-0.4, -0.2) is 30.1 Å². The average molecular weight is 282 g/mol. The van der Waals surface area contributed by atoms with Crippen LogP contribution in [0.4, 0.5) is 17.5 Å². The van der Waals surface area contributed by atoms with Crippen molar-refractivity contribution in [1.29, 1.82) is 0 Å². The molecule has 0 radical (unpaired) electrons. The Morgan fingerprint density at radius 3 is 2.43 bits per heavy atom. The van der Waals surface area contributed by atoms with Crippen LogP contribution in [0.1, 0.15) is 25.0 Å². The van der Waals surface area contributed by atoms with Crippen molar-refractivity contribution in [3.05, 3.63) is 42.1 Å². The summed E-state index contributed by atoms with van der Waals surface area (Å²) in [7, 11) is 2.02. The molecule has 1 saturated heterocycles. The Morgan fingerprint density at radius 1 is 1.00 bits per heavy atom. The molecular formula is C17H22N4. The minimum absolute atomic E-state index is 0.766. The molecule has 1 aliphatic rings. The Balaban J connectivity index is 1.90. The summed E-state index contributed by atoms with van der Waals surface area (Å²) in [5, 5.41) is 0. The Morgan fingerprint density at radius 2 is 1.71 bits per heavy atom.